The number of para-hydroxylation sites is 1. The molecule has 1 atom stereocenters. The molecule has 5 nitrogen and oxygen atoms in total. The summed E-state index contributed by atoms with van der Waals surface area (Å²) in [6.45, 7) is 1.34. The van der Waals surface area contributed by atoms with Crippen LogP contribution in [0.15, 0.2) is 28.8 Å². The second kappa shape index (κ2) is 6.24. The third-order valence-electron chi connectivity index (χ3n) is 3.74. The summed E-state index contributed by atoms with van der Waals surface area (Å²) >= 11 is 0. The van der Waals surface area contributed by atoms with Gasteiger partial charge in [-0.15, -0.1) is 12.4 Å². The Bertz CT molecular complexity index is 599. The lowest BCUT2D eigenvalue weighted by molar-refractivity contribution is -0.131. The van der Waals surface area contributed by atoms with Crippen molar-refractivity contribution in [3.8, 4) is 0 Å². The van der Waals surface area contributed by atoms with Crippen LogP contribution in [0.3, 0.4) is 0 Å². The first-order valence-electron chi connectivity index (χ1n) is 6.62. The Kier molecular flexibility index (Phi) is 4.62. The molecule has 0 radical (unpaired) electrons. The molecule has 3 rings (SSSR count). The lowest BCUT2D eigenvalue weighted by Crippen LogP contribution is -2.40. The van der Waals surface area contributed by atoms with Gasteiger partial charge in [-0.25, -0.2) is 0 Å². The van der Waals surface area contributed by atoms with Gasteiger partial charge in [0.1, 0.15) is 5.69 Å². The molecule has 1 aliphatic heterocycles. The van der Waals surface area contributed by atoms with Crippen molar-refractivity contribution in [2.24, 2.45) is 5.73 Å². The Hall–Kier alpha value is -1.59. The summed E-state index contributed by atoms with van der Waals surface area (Å²) in [6, 6.07) is 7.79. The summed E-state index contributed by atoms with van der Waals surface area (Å²) < 4.78 is 5.22. The number of hydrogen-bond acceptors (Lipinski definition) is 4. The molecule has 0 aliphatic carbocycles. The SMILES string of the molecule is Cl.NCC1CCCN1C(=O)Cc1noc2ccccc12. The van der Waals surface area contributed by atoms with E-state index >= 15 is 0 Å². The van der Waals surface area contributed by atoms with E-state index in [0.29, 0.717) is 12.2 Å². The monoisotopic (exact) mass is 295 g/mol. The van der Waals surface area contributed by atoms with Gasteiger partial charge in [-0.2, -0.15) is 0 Å². The van der Waals surface area contributed by atoms with Gasteiger partial charge in [-0.05, 0) is 25.0 Å². The van der Waals surface area contributed by atoms with Gasteiger partial charge in [0.25, 0.3) is 0 Å². The molecular weight excluding hydrogens is 278 g/mol. The van der Waals surface area contributed by atoms with E-state index in [4.69, 9.17) is 10.3 Å². The van der Waals surface area contributed by atoms with Crippen LogP contribution in [0.25, 0.3) is 11.0 Å². The van der Waals surface area contributed by atoms with Crippen LogP contribution in [0.2, 0.25) is 0 Å². The lowest BCUT2D eigenvalue weighted by Gasteiger charge is -2.23. The predicted octanol–water partition coefficient (Wildman–Crippen LogP) is 1.74. The van der Waals surface area contributed by atoms with E-state index in [2.05, 4.69) is 5.16 Å². The van der Waals surface area contributed by atoms with Crippen LogP contribution in [0, 0.1) is 0 Å². The predicted molar refractivity (Wildman–Crippen MR) is 78.8 cm³/mol. The zero-order valence-corrected chi connectivity index (χ0v) is 11.9. The van der Waals surface area contributed by atoms with Gasteiger partial charge in [0.05, 0.1) is 6.42 Å². The fraction of sp³-hybridized carbons (Fsp3) is 0.429. The van der Waals surface area contributed by atoms with Crippen LogP contribution >= 0.6 is 12.4 Å². The highest BCUT2D eigenvalue weighted by atomic mass is 35.5. The summed E-state index contributed by atoms with van der Waals surface area (Å²) in [4.78, 5) is 14.2. The van der Waals surface area contributed by atoms with Crippen LogP contribution in [-0.4, -0.2) is 35.1 Å². The molecule has 1 amide bonds. The Morgan fingerprint density at radius 3 is 3.05 bits per heavy atom. The molecule has 6 heteroatoms. The maximum absolute atomic E-state index is 12.3. The first-order valence-corrected chi connectivity index (χ1v) is 6.62. The van der Waals surface area contributed by atoms with Gasteiger partial charge in [0.15, 0.2) is 5.58 Å². The number of amides is 1. The summed E-state index contributed by atoms with van der Waals surface area (Å²) in [5.41, 5.74) is 7.13. The molecular formula is C14H18ClN3O2. The molecule has 20 heavy (non-hydrogen) atoms. The Morgan fingerprint density at radius 1 is 1.45 bits per heavy atom. The summed E-state index contributed by atoms with van der Waals surface area (Å²) in [7, 11) is 0. The van der Waals surface area contributed by atoms with Crippen molar-refractivity contribution in [1.82, 2.24) is 10.1 Å². The number of aromatic nitrogens is 1. The number of benzene rings is 1. The minimum Gasteiger partial charge on any atom is -0.356 e. The van der Waals surface area contributed by atoms with Crippen molar-refractivity contribution in [2.45, 2.75) is 25.3 Å². The molecule has 2 N–H and O–H groups in total. The minimum atomic E-state index is 0. The number of hydrogen-bond donors (Lipinski definition) is 1. The van der Waals surface area contributed by atoms with Crippen LogP contribution in [0.5, 0.6) is 0 Å². The van der Waals surface area contributed by atoms with E-state index in [-0.39, 0.29) is 30.8 Å². The molecule has 0 spiro atoms. The van der Waals surface area contributed by atoms with E-state index in [1.54, 1.807) is 0 Å². The molecule has 1 aromatic heterocycles. The average molecular weight is 296 g/mol. The number of carbonyl (C=O) groups excluding carboxylic acids is 1. The van der Waals surface area contributed by atoms with Gasteiger partial charge in [0.2, 0.25) is 5.91 Å². The van der Waals surface area contributed by atoms with E-state index < -0.39 is 0 Å². The number of fused-ring (bicyclic) bond motifs is 1. The van der Waals surface area contributed by atoms with Crippen LogP contribution in [0.1, 0.15) is 18.5 Å². The van der Waals surface area contributed by atoms with Crippen molar-refractivity contribution >= 4 is 29.3 Å². The summed E-state index contributed by atoms with van der Waals surface area (Å²) in [5.74, 6) is 0.0898. The molecule has 108 valence electrons. The number of carbonyl (C=O) groups is 1. The van der Waals surface area contributed by atoms with Crippen molar-refractivity contribution in [1.29, 1.82) is 0 Å². The second-order valence-electron chi connectivity index (χ2n) is 4.92. The smallest absolute Gasteiger partial charge is 0.229 e. The number of nitrogens with two attached hydrogens (primary N) is 1. The van der Waals surface area contributed by atoms with Gasteiger partial charge in [0, 0.05) is 24.5 Å². The van der Waals surface area contributed by atoms with E-state index in [1.165, 1.54) is 0 Å². The van der Waals surface area contributed by atoms with E-state index in [1.807, 2.05) is 29.2 Å². The first-order chi connectivity index (χ1) is 9.29. The molecule has 2 heterocycles. The van der Waals surface area contributed by atoms with Crippen LogP contribution < -0.4 is 5.73 Å². The largest absolute Gasteiger partial charge is 0.356 e. The molecule has 1 aliphatic rings. The maximum atomic E-state index is 12.3. The topological polar surface area (TPSA) is 72.4 Å². The molecule has 1 saturated heterocycles. The maximum Gasteiger partial charge on any atom is 0.229 e. The highest BCUT2D eigenvalue weighted by Crippen LogP contribution is 2.21. The summed E-state index contributed by atoms with van der Waals surface area (Å²) in [5, 5.41) is 4.92. The fourth-order valence-corrected chi connectivity index (χ4v) is 2.72. The molecule has 1 aromatic carbocycles. The van der Waals surface area contributed by atoms with Crippen LogP contribution in [-0.2, 0) is 11.2 Å². The standard InChI is InChI=1S/C14H17N3O2.ClH/c15-9-10-4-3-7-17(10)14(18)8-12-11-5-1-2-6-13(11)19-16-12;/h1-2,5-6,10H,3-4,7-9,15H2;1H. The van der Waals surface area contributed by atoms with Crippen LogP contribution in [0.4, 0.5) is 0 Å². The van der Waals surface area contributed by atoms with Crippen molar-refractivity contribution in [3.63, 3.8) is 0 Å². The zero-order valence-electron chi connectivity index (χ0n) is 11.1. The normalized spacial score (nSPS) is 18.2. The van der Waals surface area contributed by atoms with E-state index in [9.17, 15) is 4.79 Å². The average Bonchev–Trinajstić information content (AvgIpc) is 3.05. The first kappa shape index (κ1) is 14.8. The Balaban J connectivity index is 0.00000147. The second-order valence-corrected chi connectivity index (χ2v) is 4.92. The van der Waals surface area contributed by atoms with Gasteiger partial charge in [-0.3, -0.25) is 4.79 Å². The molecule has 2 aromatic rings. The molecule has 0 saturated carbocycles. The number of likely N-dealkylation sites (tertiary alicyclic amines) is 1. The van der Waals surface area contributed by atoms with Crippen molar-refractivity contribution in [3.05, 3.63) is 30.0 Å². The van der Waals surface area contributed by atoms with E-state index in [0.717, 1.165) is 30.4 Å². The van der Waals surface area contributed by atoms with Crippen molar-refractivity contribution in [2.75, 3.05) is 13.1 Å². The zero-order chi connectivity index (χ0) is 13.2. The fourth-order valence-electron chi connectivity index (χ4n) is 2.72. The quantitative estimate of drug-likeness (QED) is 0.936. The third-order valence-corrected chi connectivity index (χ3v) is 3.74. The lowest BCUT2D eigenvalue weighted by atomic mass is 10.1. The Morgan fingerprint density at radius 2 is 2.25 bits per heavy atom. The van der Waals surface area contributed by atoms with Gasteiger partial charge in [-0.1, -0.05) is 17.3 Å². The van der Waals surface area contributed by atoms with Gasteiger partial charge < -0.3 is 15.2 Å². The molecule has 1 fully saturated rings. The Labute approximate surface area is 123 Å². The molecule has 0 bridgehead atoms. The number of halogens is 1. The highest BCUT2D eigenvalue weighted by Gasteiger charge is 2.28. The number of rotatable bonds is 3. The summed E-state index contributed by atoms with van der Waals surface area (Å²) in [6.07, 6.45) is 2.32. The minimum absolute atomic E-state index is 0. The van der Waals surface area contributed by atoms with Crippen molar-refractivity contribution < 1.29 is 9.32 Å². The van der Waals surface area contributed by atoms with Gasteiger partial charge >= 0.3 is 0 Å². The highest BCUT2D eigenvalue weighted by molar-refractivity contribution is 5.86. The third kappa shape index (κ3) is 2.64. The molecule has 1 unspecified atom stereocenters. The number of nitrogens with zero attached hydrogens (tertiary/aromatic N) is 2.